The third-order valence-corrected chi connectivity index (χ3v) is 2.99. The minimum atomic E-state index is -0.901. The summed E-state index contributed by atoms with van der Waals surface area (Å²) in [5.74, 6) is -1.82. The van der Waals surface area contributed by atoms with E-state index in [0.29, 0.717) is 19.5 Å². The second kappa shape index (κ2) is 5.65. The van der Waals surface area contributed by atoms with Crippen molar-refractivity contribution in [1.82, 2.24) is 4.90 Å². The van der Waals surface area contributed by atoms with E-state index in [2.05, 4.69) is 0 Å². The average Bonchev–Trinajstić information content (AvgIpc) is 2.64. The Morgan fingerprint density at radius 1 is 1.41 bits per heavy atom. The van der Waals surface area contributed by atoms with Crippen LogP contribution in [0, 0.1) is 11.8 Å². The number of primary amides is 1. The van der Waals surface area contributed by atoms with Crippen LogP contribution in [0.3, 0.4) is 0 Å². The zero-order valence-electron chi connectivity index (χ0n) is 9.89. The van der Waals surface area contributed by atoms with Gasteiger partial charge in [-0.3, -0.25) is 14.4 Å². The van der Waals surface area contributed by atoms with Crippen molar-refractivity contribution in [3.63, 3.8) is 0 Å². The number of hydrogen-bond acceptors (Lipinski definition) is 3. The van der Waals surface area contributed by atoms with Crippen LogP contribution in [0.1, 0.15) is 26.2 Å². The summed E-state index contributed by atoms with van der Waals surface area (Å²) < 4.78 is 0. The van der Waals surface area contributed by atoms with Gasteiger partial charge in [-0.1, -0.05) is 6.92 Å². The minimum Gasteiger partial charge on any atom is -0.481 e. The van der Waals surface area contributed by atoms with Gasteiger partial charge in [0.1, 0.15) is 0 Å². The molecule has 1 fully saturated rings. The summed E-state index contributed by atoms with van der Waals surface area (Å²) in [6.45, 7) is 2.63. The summed E-state index contributed by atoms with van der Waals surface area (Å²) in [6, 6.07) is 0. The van der Waals surface area contributed by atoms with Crippen molar-refractivity contribution in [2.24, 2.45) is 17.6 Å². The number of rotatable bonds is 5. The molecule has 2 amide bonds. The van der Waals surface area contributed by atoms with Gasteiger partial charge in [0.25, 0.3) is 0 Å². The molecule has 0 bridgehead atoms. The first-order chi connectivity index (χ1) is 7.90. The van der Waals surface area contributed by atoms with Gasteiger partial charge in [-0.05, 0) is 12.3 Å². The van der Waals surface area contributed by atoms with Gasteiger partial charge in [0, 0.05) is 25.9 Å². The van der Waals surface area contributed by atoms with Crippen molar-refractivity contribution < 1.29 is 19.5 Å². The lowest BCUT2D eigenvalue weighted by molar-refractivity contribution is -0.138. The maximum Gasteiger partial charge on any atom is 0.303 e. The van der Waals surface area contributed by atoms with Crippen molar-refractivity contribution in [2.45, 2.75) is 26.2 Å². The third kappa shape index (κ3) is 4.05. The molecule has 1 aliphatic rings. The van der Waals surface area contributed by atoms with Gasteiger partial charge in [-0.25, -0.2) is 0 Å². The lowest BCUT2D eigenvalue weighted by atomic mass is 10.0. The van der Waals surface area contributed by atoms with E-state index in [9.17, 15) is 14.4 Å². The van der Waals surface area contributed by atoms with Gasteiger partial charge in [-0.15, -0.1) is 0 Å². The molecule has 0 radical (unpaired) electrons. The lowest BCUT2D eigenvalue weighted by Crippen LogP contribution is -2.32. The van der Waals surface area contributed by atoms with Crippen LogP contribution in [-0.4, -0.2) is 40.9 Å². The van der Waals surface area contributed by atoms with Crippen LogP contribution < -0.4 is 5.73 Å². The van der Waals surface area contributed by atoms with Crippen LogP contribution in [0.15, 0.2) is 0 Å². The zero-order chi connectivity index (χ0) is 13.0. The second-order valence-electron chi connectivity index (χ2n) is 4.63. The van der Waals surface area contributed by atoms with Crippen molar-refractivity contribution in [3.05, 3.63) is 0 Å². The van der Waals surface area contributed by atoms with Crippen molar-refractivity contribution in [2.75, 3.05) is 13.1 Å². The lowest BCUT2D eigenvalue weighted by Gasteiger charge is -2.18. The van der Waals surface area contributed by atoms with Crippen LogP contribution in [-0.2, 0) is 14.4 Å². The number of carboxylic acids is 1. The molecule has 1 saturated heterocycles. The monoisotopic (exact) mass is 242 g/mol. The number of aliphatic carboxylic acids is 1. The van der Waals surface area contributed by atoms with E-state index in [1.54, 1.807) is 11.8 Å². The summed E-state index contributed by atoms with van der Waals surface area (Å²) in [7, 11) is 0. The van der Waals surface area contributed by atoms with E-state index in [1.807, 2.05) is 0 Å². The van der Waals surface area contributed by atoms with E-state index >= 15 is 0 Å². The Bertz CT molecular complexity index is 329. The Kier molecular flexibility index (Phi) is 4.48. The molecule has 2 atom stereocenters. The molecule has 0 aromatic heterocycles. The molecule has 96 valence electrons. The van der Waals surface area contributed by atoms with E-state index in [1.165, 1.54) is 0 Å². The summed E-state index contributed by atoms with van der Waals surface area (Å²) >= 11 is 0. The molecule has 3 N–H and O–H groups in total. The highest BCUT2D eigenvalue weighted by Crippen LogP contribution is 2.18. The zero-order valence-corrected chi connectivity index (χ0v) is 9.89. The molecule has 0 saturated carbocycles. The second-order valence-corrected chi connectivity index (χ2v) is 4.63. The quantitative estimate of drug-likeness (QED) is 0.698. The van der Waals surface area contributed by atoms with Crippen LogP contribution in [0.2, 0.25) is 0 Å². The Morgan fingerprint density at radius 2 is 2.06 bits per heavy atom. The largest absolute Gasteiger partial charge is 0.481 e. The number of carboxylic acid groups (broad SMARTS) is 1. The molecule has 2 unspecified atom stereocenters. The van der Waals surface area contributed by atoms with Gasteiger partial charge in [0.05, 0.1) is 5.92 Å². The molecule has 6 nitrogen and oxygen atoms in total. The summed E-state index contributed by atoms with van der Waals surface area (Å²) in [5.41, 5.74) is 5.17. The number of nitrogens with two attached hydrogens (primary N) is 1. The van der Waals surface area contributed by atoms with Gasteiger partial charge < -0.3 is 15.7 Å². The summed E-state index contributed by atoms with van der Waals surface area (Å²) in [4.78, 5) is 34.8. The van der Waals surface area contributed by atoms with Crippen molar-refractivity contribution >= 4 is 17.8 Å². The molecule has 0 spiro atoms. The maximum absolute atomic E-state index is 11.8. The van der Waals surface area contributed by atoms with Crippen LogP contribution in [0.5, 0.6) is 0 Å². The van der Waals surface area contributed by atoms with Gasteiger partial charge >= 0.3 is 5.97 Å². The molecular formula is C11H18N2O4. The maximum atomic E-state index is 11.8. The van der Waals surface area contributed by atoms with Crippen molar-refractivity contribution in [1.29, 1.82) is 0 Å². The molecule has 1 rings (SSSR count). The summed E-state index contributed by atoms with van der Waals surface area (Å²) in [6.07, 6.45) is 0.797. The van der Waals surface area contributed by atoms with E-state index in [4.69, 9.17) is 10.8 Å². The Balaban J connectivity index is 2.39. The van der Waals surface area contributed by atoms with Crippen molar-refractivity contribution in [3.8, 4) is 0 Å². The fourth-order valence-corrected chi connectivity index (χ4v) is 2.02. The Labute approximate surface area is 99.8 Å². The first-order valence-corrected chi connectivity index (χ1v) is 5.69. The molecule has 1 aliphatic heterocycles. The third-order valence-electron chi connectivity index (χ3n) is 2.99. The minimum absolute atomic E-state index is 0.0151. The number of carbonyl (C=O) groups excluding carboxylic acids is 2. The van der Waals surface area contributed by atoms with Crippen LogP contribution in [0.25, 0.3) is 0 Å². The van der Waals surface area contributed by atoms with E-state index in [-0.39, 0.29) is 36.5 Å². The highest BCUT2D eigenvalue weighted by molar-refractivity contribution is 5.81. The number of carbonyl (C=O) groups is 3. The predicted molar refractivity (Wildman–Crippen MR) is 59.9 cm³/mol. The Hall–Kier alpha value is -1.59. The van der Waals surface area contributed by atoms with Crippen LogP contribution >= 0.6 is 0 Å². The molecular weight excluding hydrogens is 224 g/mol. The SMILES string of the molecule is CC(CC(=O)O)CC(=O)N1CCC(C(N)=O)C1. The van der Waals surface area contributed by atoms with E-state index < -0.39 is 5.97 Å². The smallest absolute Gasteiger partial charge is 0.303 e. The standard InChI is InChI=1S/C11H18N2O4/c1-7(5-10(15)16)4-9(14)13-3-2-8(6-13)11(12)17/h7-8H,2-6H2,1H3,(H2,12,17)(H,15,16). The molecule has 17 heavy (non-hydrogen) atoms. The Morgan fingerprint density at radius 3 is 2.53 bits per heavy atom. The number of nitrogens with zero attached hydrogens (tertiary/aromatic N) is 1. The van der Waals surface area contributed by atoms with Crippen LogP contribution in [0.4, 0.5) is 0 Å². The molecule has 1 heterocycles. The topological polar surface area (TPSA) is 101 Å². The molecule has 0 aromatic carbocycles. The average molecular weight is 242 g/mol. The normalized spacial score (nSPS) is 21.2. The van der Waals surface area contributed by atoms with Gasteiger partial charge in [-0.2, -0.15) is 0 Å². The molecule has 0 aliphatic carbocycles. The van der Waals surface area contributed by atoms with Gasteiger partial charge in [0.2, 0.25) is 11.8 Å². The number of hydrogen-bond donors (Lipinski definition) is 2. The predicted octanol–water partition coefficient (Wildman–Crippen LogP) is -0.179. The first kappa shape index (κ1) is 13.5. The first-order valence-electron chi connectivity index (χ1n) is 5.69. The fourth-order valence-electron chi connectivity index (χ4n) is 2.02. The molecule has 6 heteroatoms. The summed E-state index contributed by atoms with van der Waals surface area (Å²) in [5, 5.41) is 8.59. The highest BCUT2D eigenvalue weighted by Gasteiger charge is 2.30. The van der Waals surface area contributed by atoms with Gasteiger partial charge in [0.15, 0.2) is 0 Å². The highest BCUT2D eigenvalue weighted by atomic mass is 16.4. The molecule has 0 aromatic rings. The van der Waals surface area contributed by atoms with E-state index in [0.717, 1.165) is 0 Å². The number of likely N-dealkylation sites (tertiary alicyclic amines) is 1. The number of amides is 2. The fraction of sp³-hybridized carbons (Fsp3) is 0.727.